The van der Waals surface area contributed by atoms with Gasteiger partial charge in [0.2, 0.25) is 0 Å². The molecule has 0 bridgehead atoms. The summed E-state index contributed by atoms with van der Waals surface area (Å²) >= 11 is 1.77. The summed E-state index contributed by atoms with van der Waals surface area (Å²) in [5.41, 5.74) is 3.14. The lowest BCUT2D eigenvalue weighted by Gasteiger charge is -2.13. The average Bonchev–Trinajstić information content (AvgIpc) is 2.90. The summed E-state index contributed by atoms with van der Waals surface area (Å²) in [5, 5.41) is 14.4. The smallest absolute Gasteiger partial charge is 0.0991 e. The second kappa shape index (κ2) is 5.81. The molecular weight excluding hydrogens is 240 g/mol. The molecule has 1 heterocycles. The molecule has 0 spiro atoms. The van der Waals surface area contributed by atoms with Gasteiger partial charge in [-0.3, -0.25) is 0 Å². The first-order valence-corrected chi connectivity index (χ1v) is 6.85. The largest absolute Gasteiger partial charge is 0.305 e. The van der Waals surface area contributed by atoms with Crippen LogP contribution < -0.4 is 5.32 Å². The van der Waals surface area contributed by atoms with Gasteiger partial charge in [-0.15, -0.1) is 11.3 Å². The van der Waals surface area contributed by atoms with Gasteiger partial charge in [-0.1, -0.05) is 12.1 Å². The third kappa shape index (κ3) is 2.98. The molecule has 0 aliphatic rings. The summed E-state index contributed by atoms with van der Waals surface area (Å²) in [6, 6.07) is 12.6. The van der Waals surface area contributed by atoms with Crippen molar-refractivity contribution in [1.82, 2.24) is 5.32 Å². The number of nitrogens with one attached hydrogen (secondary N) is 1. The van der Waals surface area contributed by atoms with Crippen LogP contribution in [0.4, 0.5) is 0 Å². The maximum absolute atomic E-state index is 8.83. The van der Waals surface area contributed by atoms with Crippen molar-refractivity contribution in [3.63, 3.8) is 0 Å². The highest BCUT2D eigenvalue weighted by molar-refractivity contribution is 7.10. The van der Waals surface area contributed by atoms with Crippen molar-refractivity contribution in [2.24, 2.45) is 0 Å². The summed E-state index contributed by atoms with van der Waals surface area (Å²) in [5.74, 6) is 0. The van der Waals surface area contributed by atoms with E-state index in [2.05, 4.69) is 35.8 Å². The monoisotopic (exact) mass is 256 g/mol. The van der Waals surface area contributed by atoms with Gasteiger partial charge in [0.15, 0.2) is 0 Å². The van der Waals surface area contributed by atoms with Crippen molar-refractivity contribution in [3.05, 3.63) is 57.3 Å². The minimum absolute atomic E-state index is 0.361. The Balaban J connectivity index is 2.00. The molecule has 0 saturated heterocycles. The Morgan fingerprint density at radius 2 is 2.22 bits per heavy atom. The van der Waals surface area contributed by atoms with E-state index in [-0.39, 0.29) is 0 Å². The predicted octanol–water partition coefficient (Wildman–Crippen LogP) is 3.78. The van der Waals surface area contributed by atoms with Crippen LogP contribution in [0, 0.1) is 18.3 Å². The molecule has 1 aromatic heterocycles. The van der Waals surface area contributed by atoms with Gasteiger partial charge in [-0.05, 0) is 48.6 Å². The van der Waals surface area contributed by atoms with Crippen LogP contribution in [0.3, 0.4) is 0 Å². The first-order chi connectivity index (χ1) is 8.70. The molecule has 0 saturated carbocycles. The molecule has 0 unspecified atom stereocenters. The van der Waals surface area contributed by atoms with E-state index in [4.69, 9.17) is 5.26 Å². The van der Waals surface area contributed by atoms with Crippen molar-refractivity contribution >= 4 is 11.3 Å². The standard InChI is InChI=1S/C15H16N2S/c1-11-8-13(9-16)5-6-14(11)10-17-12(2)15-4-3-7-18-15/h3-8,12,17H,10H2,1-2H3/t12-/m1/s1. The molecule has 2 aromatic rings. The maximum atomic E-state index is 8.83. The highest BCUT2D eigenvalue weighted by atomic mass is 32.1. The zero-order chi connectivity index (χ0) is 13.0. The van der Waals surface area contributed by atoms with Crippen molar-refractivity contribution in [2.75, 3.05) is 0 Å². The summed E-state index contributed by atoms with van der Waals surface area (Å²) < 4.78 is 0. The van der Waals surface area contributed by atoms with E-state index in [1.54, 1.807) is 11.3 Å². The van der Waals surface area contributed by atoms with Crippen molar-refractivity contribution in [1.29, 1.82) is 5.26 Å². The molecule has 0 aliphatic carbocycles. The van der Waals surface area contributed by atoms with Gasteiger partial charge in [0, 0.05) is 17.5 Å². The van der Waals surface area contributed by atoms with E-state index in [1.165, 1.54) is 16.0 Å². The molecule has 0 amide bonds. The number of hydrogen-bond acceptors (Lipinski definition) is 3. The number of rotatable bonds is 4. The number of aryl methyl sites for hydroxylation is 1. The van der Waals surface area contributed by atoms with Crippen LogP contribution in [0.1, 0.15) is 34.5 Å². The van der Waals surface area contributed by atoms with Gasteiger partial charge >= 0.3 is 0 Å². The molecule has 1 N–H and O–H groups in total. The summed E-state index contributed by atoms with van der Waals surface area (Å²) in [4.78, 5) is 1.35. The molecule has 2 nitrogen and oxygen atoms in total. The first kappa shape index (κ1) is 12.8. The fourth-order valence-corrected chi connectivity index (χ4v) is 2.62. The third-order valence-corrected chi connectivity index (χ3v) is 4.10. The number of thiophene rings is 1. The Hall–Kier alpha value is -1.63. The third-order valence-electron chi connectivity index (χ3n) is 3.04. The SMILES string of the molecule is Cc1cc(C#N)ccc1CN[C@H](C)c1cccs1. The van der Waals surface area contributed by atoms with Crippen LogP contribution in [-0.4, -0.2) is 0 Å². The quantitative estimate of drug-likeness (QED) is 0.903. The lowest BCUT2D eigenvalue weighted by atomic mass is 10.1. The second-order valence-corrected chi connectivity index (χ2v) is 5.35. The number of nitriles is 1. The van der Waals surface area contributed by atoms with Crippen LogP contribution >= 0.6 is 11.3 Å². The van der Waals surface area contributed by atoms with Gasteiger partial charge in [-0.25, -0.2) is 0 Å². The normalized spacial score (nSPS) is 12.1. The lowest BCUT2D eigenvalue weighted by molar-refractivity contribution is 0.581. The fraction of sp³-hybridized carbons (Fsp3) is 0.267. The van der Waals surface area contributed by atoms with E-state index in [0.717, 1.165) is 12.1 Å². The minimum Gasteiger partial charge on any atom is -0.305 e. The zero-order valence-corrected chi connectivity index (χ0v) is 11.4. The Morgan fingerprint density at radius 3 is 2.83 bits per heavy atom. The molecule has 2 rings (SSSR count). The average molecular weight is 256 g/mol. The molecule has 1 aromatic carbocycles. The van der Waals surface area contributed by atoms with Gasteiger partial charge in [0.05, 0.1) is 11.6 Å². The van der Waals surface area contributed by atoms with Gasteiger partial charge in [-0.2, -0.15) is 5.26 Å². The Morgan fingerprint density at radius 1 is 1.39 bits per heavy atom. The molecule has 18 heavy (non-hydrogen) atoms. The maximum Gasteiger partial charge on any atom is 0.0991 e. The van der Waals surface area contributed by atoms with Crippen molar-refractivity contribution < 1.29 is 0 Å². The van der Waals surface area contributed by atoms with Crippen LogP contribution in [0.5, 0.6) is 0 Å². The number of benzene rings is 1. The predicted molar refractivity (Wildman–Crippen MR) is 75.5 cm³/mol. The van der Waals surface area contributed by atoms with Crippen molar-refractivity contribution in [3.8, 4) is 6.07 Å². The second-order valence-electron chi connectivity index (χ2n) is 4.37. The van der Waals surface area contributed by atoms with E-state index in [0.29, 0.717) is 6.04 Å². The Kier molecular flexibility index (Phi) is 4.14. The summed E-state index contributed by atoms with van der Waals surface area (Å²) in [6.07, 6.45) is 0. The van der Waals surface area contributed by atoms with Crippen LogP contribution in [0.25, 0.3) is 0 Å². The molecule has 3 heteroatoms. The first-order valence-electron chi connectivity index (χ1n) is 5.97. The summed E-state index contributed by atoms with van der Waals surface area (Å²) in [7, 11) is 0. The number of nitrogens with zero attached hydrogens (tertiary/aromatic N) is 1. The molecule has 92 valence electrons. The lowest BCUT2D eigenvalue weighted by Crippen LogP contribution is -2.17. The number of hydrogen-bond donors (Lipinski definition) is 1. The van der Waals surface area contributed by atoms with Gasteiger partial charge < -0.3 is 5.32 Å². The molecular formula is C15H16N2S. The van der Waals surface area contributed by atoms with Crippen LogP contribution in [0.2, 0.25) is 0 Å². The molecule has 0 fully saturated rings. The van der Waals surface area contributed by atoms with E-state index < -0.39 is 0 Å². The molecule has 0 radical (unpaired) electrons. The summed E-state index contributed by atoms with van der Waals surface area (Å²) in [6.45, 7) is 5.05. The Bertz CT molecular complexity index is 552. The molecule has 1 atom stereocenters. The highest BCUT2D eigenvalue weighted by Gasteiger charge is 2.06. The van der Waals surface area contributed by atoms with E-state index >= 15 is 0 Å². The van der Waals surface area contributed by atoms with E-state index in [1.807, 2.05) is 25.1 Å². The zero-order valence-electron chi connectivity index (χ0n) is 10.6. The minimum atomic E-state index is 0.361. The highest BCUT2D eigenvalue weighted by Crippen LogP contribution is 2.19. The van der Waals surface area contributed by atoms with Gasteiger partial charge in [0.1, 0.15) is 0 Å². The Labute approximate surface area is 112 Å². The van der Waals surface area contributed by atoms with Crippen LogP contribution in [-0.2, 0) is 6.54 Å². The van der Waals surface area contributed by atoms with E-state index in [9.17, 15) is 0 Å². The van der Waals surface area contributed by atoms with Crippen molar-refractivity contribution in [2.45, 2.75) is 26.4 Å². The molecule has 0 aliphatic heterocycles. The van der Waals surface area contributed by atoms with Gasteiger partial charge in [0.25, 0.3) is 0 Å². The fourth-order valence-electron chi connectivity index (χ4n) is 1.87. The van der Waals surface area contributed by atoms with Crippen LogP contribution in [0.15, 0.2) is 35.7 Å². The topological polar surface area (TPSA) is 35.8 Å².